The van der Waals surface area contributed by atoms with Crippen LogP contribution in [0.5, 0.6) is 0 Å². The number of nitriles is 1. The molecule has 0 bridgehead atoms. The van der Waals surface area contributed by atoms with Gasteiger partial charge in [-0.25, -0.2) is 12.8 Å². The third-order valence-corrected chi connectivity index (χ3v) is 9.96. The van der Waals surface area contributed by atoms with Gasteiger partial charge in [0.05, 0.1) is 11.5 Å². The molecule has 6 nitrogen and oxygen atoms in total. The number of rotatable bonds is 5. The number of nitrogens with zero attached hydrogens (tertiary/aromatic N) is 2. The van der Waals surface area contributed by atoms with E-state index in [9.17, 15) is 18.5 Å². The standard InChI is InChI=1S/C27H32FN3O3S/c1-19-8-11-26(21-6-4-3-5-7-21)35(33,34)31(19)17-22-9-10-23(16-25(22)28)27(18-29)14-12-24(13-15-27)30-20(2)32/h3-7,9-10,16,19,24,26H,8,11-15,17H2,1-2H3,(H,30,32)/t19-,24-,26-,27-/m0/s1. The molecule has 0 spiro atoms. The summed E-state index contributed by atoms with van der Waals surface area (Å²) in [5, 5.41) is 12.2. The summed E-state index contributed by atoms with van der Waals surface area (Å²) >= 11 is 0. The van der Waals surface area contributed by atoms with Gasteiger partial charge in [-0.2, -0.15) is 9.57 Å². The first kappa shape index (κ1) is 25.3. The Balaban J connectivity index is 1.55. The van der Waals surface area contributed by atoms with Crippen LogP contribution in [-0.4, -0.2) is 30.7 Å². The quantitative estimate of drug-likeness (QED) is 0.647. The van der Waals surface area contributed by atoms with Gasteiger partial charge in [-0.3, -0.25) is 4.79 Å². The van der Waals surface area contributed by atoms with Gasteiger partial charge in [0.1, 0.15) is 11.1 Å². The number of carbonyl (C=O) groups is 1. The lowest BCUT2D eigenvalue weighted by Gasteiger charge is -2.38. The second kappa shape index (κ2) is 10.1. The Hall–Kier alpha value is -2.76. The molecule has 186 valence electrons. The number of hydrogen-bond acceptors (Lipinski definition) is 4. The van der Waals surface area contributed by atoms with Gasteiger partial charge < -0.3 is 5.32 Å². The summed E-state index contributed by atoms with van der Waals surface area (Å²) in [6, 6.07) is 16.2. The fourth-order valence-corrected chi connectivity index (χ4v) is 7.69. The molecule has 1 saturated carbocycles. The molecule has 2 aliphatic rings. The molecule has 35 heavy (non-hydrogen) atoms. The number of carbonyl (C=O) groups excluding carboxylic acids is 1. The van der Waals surface area contributed by atoms with E-state index in [1.54, 1.807) is 12.1 Å². The highest BCUT2D eigenvalue weighted by atomic mass is 32.2. The zero-order valence-electron chi connectivity index (χ0n) is 20.2. The van der Waals surface area contributed by atoms with E-state index in [4.69, 9.17) is 0 Å². The van der Waals surface area contributed by atoms with E-state index >= 15 is 4.39 Å². The van der Waals surface area contributed by atoms with E-state index in [1.807, 2.05) is 37.3 Å². The number of amides is 1. The minimum Gasteiger partial charge on any atom is -0.354 e. The van der Waals surface area contributed by atoms with Crippen LogP contribution in [0.15, 0.2) is 48.5 Å². The van der Waals surface area contributed by atoms with Crippen molar-refractivity contribution in [2.45, 2.75) is 81.7 Å². The van der Waals surface area contributed by atoms with Crippen LogP contribution < -0.4 is 5.32 Å². The molecule has 2 fully saturated rings. The number of nitrogens with one attached hydrogen (secondary N) is 1. The fourth-order valence-electron chi connectivity index (χ4n) is 5.50. The van der Waals surface area contributed by atoms with Crippen LogP contribution in [0.25, 0.3) is 0 Å². The monoisotopic (exact) mass is 497 g/mol. The Morgan fingerprint density at radius 3 is 2.43 bits per heavy atom. The Bertz CT molecular complexity index is 1220. The molecule has 1 N–H and O–H groups in total. The van der Waals surface area contributed by atoms with E-state index in [1.165, 1.54) is 17.3 Å². The summed E-state index contributed by atoms with van der Waals surface area (Å²) in [4.78, 5) is 11.4. The van der Waals surface area contributed by atoms with E-state index in [-0.39, 0.29) is 24.5 Å². The lowest BCUT2D eigenvalue weighted by atomic mass is 9.69. The van der Waals surface area contributed by atoms with Crippen molar-refractivity contribution in [2.75, 3.05) is 0 Å². The maximum absolute atomic E-state index is 15.3. The Morgan fingerprint density at radius 2 is 1.83 bits per heavy atom. The average Bonchev–Trinajstić information content (AvgIpc) is 2.83. The molecule has 1 saturated heterocycles. The average molecular weight is 498 g/mol. The topological polar surface area (TPSA) is 90.3 Å². The van der Waals surface area contributed by atoms with Gasteiger partial charge in [-0.15, -0.1) is 0 Å². The molecule has 0 unspecified atom stereocenters. The first-order valence-electron chi connectivity index (χ1n) is 12.2. The molecule has 1 amide bonds. The fraction of sp³-hybridized carbons (Fsp3) is 0.481. The predicted octanol–water partition coefficient (Wildman–Crippen LogP) is 4.72. The van der Waals surface area contributed by atoms with E-state index in [2.05, 4.69) is 11.4 Å². The van der Waals surface area contributed by atoms with Crippen LogP contribution in [-0.2, 0) is 26.8 Å². The molecular formula is C27H32FN3O3S. The number of hydrogen-bond donors (Lipinski definition) is 1. The second-order valence-corrected chi connectivity index (χ2v) is 12.0. The molecule has 1 aliphatic carbocycles. The number of sulfonamides is 1. The summed E-state index contributed by atoms with van der Waals surface area (Å²) in [6.07, 6.45) is 3.61. The first-order valence-corrected chi connectivity index (χ1v) is 13.7. The third kappa shape index (κ3) is 5.12. The summed E-state index contributed by atoms with van der Waals surface area (Å²) in [5.74, 6) is -0.586. The normalized spacial score (nSPS) is 28.7. The van der Waals surface area contributed by atoms with E-state index in [0.29, 0.717) is 49.7 Å². The van der Waals surface area contributed by atoms with Gasteiger partial charge in [0.2, 0.25) is 15.9 Å². The van der Waals surface area contributed by atoms with Crippen molar-refractivity contribution in [3.05, 3.63) is 71.0 Å². The van der Waals surface area contributed by atoms with Crippen molar-refractivity contribution in [2.24, 2.45) is 0 Å². The van der Waals surface area contributed by atoms with E-state index in [0.717, 1.165) is 5.56 Å². The van der Waals surface area contributed by atoms with Crippen LogP contribution in [0, 0.1) is 17.1 Å². The molecule has 2 aromatic rings. The van der Waals surface area contributed by atoms with Gasteiger partial charge in [0.15, 0.2) is 0 Å². The van der Waals surface area contributed by atoms with Crippen molar-refractivity contribution in [3.8, 4) is 6.07 Å². The van der Waals surface area contributed by atoms with Gasteiger partial charge in [0.25, 0.3) is 0 Å². The second-order valence-electron chi connectivity index (χ2n) is 9.89. The van der Waals surface area contributed by atoms with E-state index < -0.39 is 26.5 Å². The Kier molecular flexibility index (Phi) is 7.30. The molecule has 1 heterocycles. The van der Waals surface area contributed by atoms with Crippen molar-refractivity contribution < 1.29 is 17.6 Å². The maximum atomic E-state index is 15.3. The largest absolute Gasteiger partial charge is 0.354 e. The summed E-state index contributed by atoms with van der Waals surface area (Å²) < 4.78 is 43.7. The van der Waals surface area contributed by atoms with Crippen molar-refractivity contribution in [1.29, 1.82) is 5.26 Å². The Morgan fingerprint density at radius 1 is 1.14 bits per heavy atom. The smallest absolute Gasteiger partial charge is 0.221 e. The van der Waals surface area contributed by atoms with Crippen molar-refractivity contribution in [1.82, 2.24) is 9.62 Å². The van der Waals surface area contributed by atoms with Crippen molar-refractivity contribution in [3.63, 3.8) is 0 Å². The van der Waals surface area contributed by atoms with Crippen LogP contribution in [0.1, 0.15) is 74.3 Å². The molecule has 8 heteroatoms. The van der Waals surface area contributed by atoms with Crippen LogP contribution >= 0.6 is 0 Å². The van der Waals surface area contributed by atoms with Gasteiger partial charge in [-0.05, 0) is 62.6 Å². The zero-order valence-corrected chi connectivity index (χ0v) is 21.0. The van der Waals surface area contributed by atoms with Crippen LogP contribution in [0.4, 0.5) is 4.39 Å². The molecule has 2 aromatic carbocycles. The lowest BCUT2D eigenvalue weighted by molar-refractivity contribution is -0.119. The SMILES string of the molecule is CC(=O)N[C@H]1CC[C@](C#N)(c2ccc(CN3[C@@H](C)CC[C@@H](c4ccccc4)S3(=O)=O)c(F)c2)CC1. The maximum Gasteiger partial charge on any atom is 0.221 e. The highest BCUT2D eigenvalue weighted by molar-refractivity contribution is 7.89. The molecule has 1 aliphatic heterocycles. The van der Waals surface area contributed by atoms with Crippen LogP contribution in [0.3, 0.4) is 0 Å². The predicted molar refractivity (Wildman–Crippen MR) is 132 cm³/mol. The highest BCUT2D eigenvalue weighted by Gasteiger charge is 2.41. The summed E-state index contributed by atoms with van der Waals surface area (Å²) in [6.45, 7) is 3.30. The Labute approximate surface area is 207 Å². The van der Waals surface area contributed by atoms with Gasteiger partial charge in [-0.1, -0.05) is 42.5 Å². The first-order chi connectivity index (χ1) is 16.7. The minimum absolute atomic E-state index is 0.0291. The summed E-state index contributed by atoms with van der Waals surface area (Å²) in [7, 11) is -3.67. The lowest BCUT2D eigenvalue weighted by Crippen LogP contribution is -2.44. The minimum atomic E-state index is -3.67. The number of halogens is 1. The van der Waals surface area contributed by atoms with Crippen LogP contribution in [0.2, 0.25) is 0 Å². The highest BCUT2D eigenvalue weighted by Crippen LogP contribution is 2.41. The number of benzene rings is 2. The zero-order chi connectivity index (χ0) is 25.2. The molecule has 2 atom stereocenters. The molecule has 0 radical (unpaired) electrons. The molecule has 4 rings (SSSR count). The molecule has 0 aromatic heterocycles. The van der Waals surface area contributed by atoms with Crippen molar-refractivity contribution >= 4 is 15.9 Å². The summed E-state index contributed by atoms with van der Waals surface area (Å²) in [5.41, 5.74) is 0.861. The van der Waals surface area contributed by atoms with Gasteiger partial charge in [0, 0.05) is 31.1 Å². The van der Waals surface area contributed by atoms with Gasteiger partial charge >= 0.3 is 0 Å². The molecular weight excluding hydrogens is 465 g/mol. The third-order valence-electron chi connectivity index (χ3n) is 7.59.